The second-order valence-electron chi connectivity index (χ2n) is 29.6. The Morgan fingerprint density at radius 1 is 0.279 bits per heavy atom. The molecule has 0 spiro atoms. The molecule has 14 rings (SSSR count). The molecular formula is C88H76N26O25S8. The molecule has 0 aliphatic rings. The quantitative estimate of drug-likeness (QED) is 0.0135. The monoisotopic (exact) mass is 2150 g/mol. The third kappa shape index (κ3) is 37.9. The van der Waals surface area contributed by atoms with Crippen LogP contribution in [0.4, 0.5) is 126 Å². The molecule has 51 nitrogen and oxygen atoms in total. The van der Waals surface area contributed by atoms with Gasteiger partial charge >= 0.3 is 42.4 Å². The number of nitrogens with one attached hydrogen (secondary N) is 3. The van der Waals surface area contributed by atoms with Gasteiger partial charge in [-0.3, -0.25) is 18.2 Å². The lowest BCUT2D eigenvalue weighted by molar-refractivity contribution is 0.301. The van der Waals surface area contributed by atoms with Crippen molar-refractivity contribution >= 4 is 209 Å². The zero-order chi connectivity index (χ0) is 107. The molecule has 0 fully saturated rings. The molecule has 2 heterocycles. The predicted octanol–water partition coefficient (Wildman–Crippen LogP) is 19.2. The lowest BCUT2D eigenvalue weighted by atomic mass is 10.1. The molecule has 0 radical (unpaired) electrons. The molecule has 2 aromatic heterocycles. The molecule has 0 unspecified atom stereocenters. The van der Waals surface area contributed by atoms with Crippen LogP contribution in [0.3, 0.4) is 0 Å². The van der Waals surface area contributed by atoms with E-state index in [1.807, 2.05) is 56.3 Å². The van der Waals surface area contributed by atoms with Crippen LogP contribution in [0.5, 0.6) is 0 Å². The fourth-order valence-electron chi connectivity index (χ4n) is 12.4. The molecule has 0 atom stereocenters. The smallest absolute Gasteiger partial charge is 0.395 e. The van der Waals surface area contributed by atoms with E-state index in [2.05, 4.69) is 97.8 Å². The number of hydrogen-bond donors (Lipinski definition) is 8. The van der Waals surface area contributed by atoms with Gasteiger partial charge < -0.3 is 26.0 Å². The minimum Gasteiger partial charge on any atom is -0.395 e. The number of azo groups is 8. The van der Waals surface area contributed by atoms with E-state index in [1.54, 1.807) is 158 Å². The zero-order valence-corrected chi connectivity index (χ0v) is 82.6. The van der Waals surface area contributed by atoms with Crippen molar-refractivity contribution in [1.82, 2.24) is 29.9 Å². The van der Waals surface area contributed by atoms with Crippen molar-refractivity contribution in [2.24, 2.45) is 81.8 Å². The Bertz CT molecular complexity index is 8300. The highest BCUT2D eigenvalue weighted by Gasteiger charge is 2.23. The van der Waals surface area contributed by atoms with Gasteiger partial charge in [0.25, 0.3) is 40.5 Å². The molecule has 0 aliphatic heterocycles. The Morgan fingerprint density at radius 2 is 0.551 bits per heavy atom. The predicted molar refractivity (Wildman–Crippen MR) is 527 cm³/mol. The number of anilines is 6. The van der Waals surface area contributed by atoms with Crippen LogP contribution < -0.4 is 20.9 Å². The van der Waals surface area contributed by atoms with Crippen LogP contribution in [-0.2, 0) is 95.7 Å². The van der Waals surface area contributed by atoms with E-state index in [1.165, 1.54) is 72.8 Å². The molecule has 0 amide bonds. The third-order valence-electron chi connectivity index (χ3n) is 18.9. The Balaban J connectivity index is 0.00000129. The summed E-state index contributed by atoms with van der Waals surface area (Å²) in [6.45, 7) is 7.22. The lowest BCUT2D eigenvalue weighted by Crippen LogP contribution is -2.34. The van der Waals surface area contributed by atoms with Gasteiger partial charge in [0.05, 0.1) is 96.0 Å². The highest BCUT2D eigenvalue weighted by Crippen LogP contribution is 2.38. The number of nitrogens with zero attached hydrogens (tertiary/aromatic N) is 23. The number of aliphatic hydroxyl groups is 1. The molecule has 756 valence electrons. The summed E-state index contributed by atoms with van der Waals surface area (Å²) in [4.78, 5) is 29.5. The molecule has 0 saturated carbocycles. The van der Waals surface area contributed by atoms with Crippen LogP contribution in [0.2, 0.25) is 0 Å². The standard InChI is InChI=1S/C88H76N26O13S4.4O3S/c1-55-47-59(15-37-75(55)108-104-65-21-17-63(18-22-65)100-102-67-25-33-73(34-26-67)128(116,117)118)51-83-92-84(52-60-16-38-76(56(2)48-60)110-112-79-41-31-71(53-81(79)130(122,123)124)106-98-61-11-7-5-8-12-61)94-85(93-83)89-43-44-114(45-46-115)88-96-86(90-69-29-39-77(57(3)49-69)109-105-66-23-19-64(20-24-66)101-103-68-27-35-74(36-28-68)129(119,120)121)95-87(97-88)91-70-30-40-78(58(4)50-70)111-113-80-42-32-72(54-82(80)131(125,126)127)107-99-62-13-9-6-10-14-62;4*1-4(2)3/h5-42,47-50,53-54,115H,43-46,51-52H2,1-4H3,(H,116,117,118)(H,119,120,121)(H,122,123,124)(H,125,126,127)(H,89,92,93,94)(H2,90,91,95,96,97);;;;. The summed E-state index contributed by atoms with van der Waals surface area (Å²) in [5.74, 6) is 1.19. The third-order valence-corrected chi connectivity index (χ3v) is 22.4. The van der Waals surface area contributed by atoms with Crippen LogP contribution in [0.1, 0.15) is 45.0 Å². The van der Waals surface area contributed by atoms with Crippen LogP contribution in [0.15, 0.2) is 368 Å². The molecule has 14 aromatic rings. The first-order valence-corrected chi connectivity index (χ1v) is 51.2. The number of aryl methyl sites for hydroxylation is 4. The minimum atomic E-state index is -4.82. The van der Waals surface area contributed by atoms with Gasteiger partial charge in [0.2, 0.25) is 23.8 Å². The van der Waals surface area contributed by atoms with Crippen LogP contribution >= 0.6 is 0 Å². The fourth-order valence-corrected chi connectivity index (χ4v) is 14.6. The first kappa shape index (κ1) is 112. The van der Waals surface area contributed by atoms with Crippen LogP contribution in [0, 0.1) is 27.7 Å². The van der Waals surface area contributed by atoms with Gasteiger partial charge in [-0.1, -0.05) is 60.7 Å². The normalized spacial score (nSPS) is 11.7. The van der Waals surface area contributed by atoms with E-state index in [9.17, 15) is 57.0 Å². The van der Waals surface area contributed by atoms with Gasteiger partial charge in [0.1, 0.15) is 32.8 Å². The SMILES string of the molecule is Cc1cc(Cc2nc(Cc3ccc(N=Nc4ccc(N=Nc5ccccc5)cc4S(=O)(=O)O)c(C)c3)nc(NCCN(CCO)c3nc(Nc4ccc(N=Nc5ccc(N=Nc6ccc(S(=O)(=O)O)cc6)cc5)c(C)c4)nc(Nc4ccc(N=Nc5ccc(N=Nc6ccccc6)cc5S(=O)(=O)O)c(C)c4)n3)n2)ccc1N=Nc1ccc(N=Nc2ccc(S(=O)(=O)O)cc2)cc1.O=S(=O)=O.O=S(=O)=O.O=S(=O)=O.O=S(=O)=O. The molecule has 59 heteroatoms. The van der Waals surface area contributed by atoms with Crippen molar-refractivity contribution in [2.75, 3.05) is 47.1 Å². The second kappa shape index (κ2) is 53.2. The summed E-state index contributed by atoms with van der Waals surface area (Å²) in [6, 6.07) is 71.0. The first-order chi connectivity index (χ1) is 69.8. The van der Waals surface area contributed by atoms with Crippen LogP contribution in [-0.4, -0.2) is 164 Å². The second-order valence-corrected chi connectivity index (χ2v) is 36.8. The van der Waals surface area contributed by atoms with Crippen molar-refractivity contribution in [2.45, 2.75) is 60.1 Å². The van der Waals surface area contributed by atoms with E-state index >= 15 is 0 Å². The van der Waals surface area contributed by atoms with Gasteiger partial charge in [-0.05, 0) is 267 Å². The number of aliphatic hydroxyl groups excluding tert-OH is 1. The lowest BCUT2D eigenvalue weighted by Gasteiger charge is -2.23. The summed E-state index contributed by atoms with van der Waals surface area (Å²) in [5, 5.41) is 89.1. The van der Waals surface area contributed by atoms with Crippen molar-refractivity contribution in [3.63, 3.8) is 0 Å². The number of aromatic nitrogens is 6. The summed E-state index contributed by atoms with van der Waals surface area (Å²) >= 11 is 0. The largest absolute Gasteiger partial charge is 0.425 e. The van der Waals surface area contributed by atoms with E-state index in [0.29, 0.717) is 108 Å². The van der Waals surface area contributed by atoms with Crippen molar-refractivity contribution in [3.8, 4) is 0 Å². The van der Waals surface area contributed by atoms with Gasteiger partial charge in [-0.15, -0.1) is 60.7 Å². The molecule has 0 bridgehead atoms. The van der Waals surface area contributed by atoms with E-state index in [0.717, 1.165) is 28.8 Å². The summed E-state index contributed by atoms with van der Waals surface area (Å²) < 4.78 is 237. The van der Waals surface area contributed by atoms with Gasteiger partial charge in [-0.25, -0.2) is 4.98 Å². The maximum atomic E-state index is 12.7. The van der Waals surface area contributed by atoms with Crippen LogP contribution in [0.25, 0.3) is 0 Å². The molecule has 12 aromatic carbocycles. The van der Waals surface area contributed by atoms with Gasteiger partial charge in [-0.2, -0.15) is 130 Å². The van der Waals surface area contributed by atoms with E-state index in [-0.39, 0.29) is 95.4 Å². The summed E-state index contributed by atoms with van der Waals surface area (Å²) in [6.07, 6.45) is 0.410. The number of rotatable bonds is 35. The van der Waals surface area contributed by atoms with Gasteiger partial charge in [0, 0.05) is 43.9 Å². The average molecular weight is 2150 g/mol. The zero-order valence-electron chi connectivity index (χ0n) is 76.1. The fraction of sp³-hybridized carbons (Fsp3) is 0.114. The minimum absolute atomic E-state index is 0.0148. The molecule has 0 saturated heterocycles. The molecule has 8 N–H and O–H groups in total. The molecular weight excluding hydrogens is 2080 g/mol. The van der Waals surface area contributed by atoms with Crippen molar-refractivity contribution in [3.05, 3.63) is 312 Å². The Labute approximate surface area is 841 Å². The molecule has 147 heavy (non-hydrogen) atoms. The Hall–Kier alpha value is -17.3. The topological polar surface area (TPSA) is 757 Å². The average Bonchev–Trinajstić information content (AvgIpc) is 0.814. The highest BCUT2D eigenvalue weighted by molar-refractivity contribution is 7.86. The maximum Gasteiger partial charge on any atom is 0.425 e. The number of benzene rings is 12. The van der Waals surface area contributed by atoms with E-state index < -0.39 is 92.7 Å². The van der Waals surface area contributed by atoms with E-state index in [4.69, 9.17) is 80.4 Å². The van der Waals surface area contributed by atoms with Crippen molar-refractivity contribution < 1.29 is 107 Å². The van der Waals surface area contributed by atoms with Crippen molar-refractivity contribution in [1.29, 1.82) is 0 Å². The summed E-state index contributed by atoms with van der Waals surface area (Å²) in [5.41, 5.74) is 10.9. The Kier molecular flexibility index (Phi) is 40.4. The van der Waals surface area contributed by atoms with Gasteiger partial charge in [0.15, 0.2) is 0 Å². The maximum absolute atomic E-state index is 12.7. The highest BCUT2D eigenvalue weighted by atomic mass is 32.2. The number of hydrogen-bond acceptors (Lipinski definition) is 47. The molecule has 0 aliphatic carbocycles. The Morgan fingerprint density at radius 3 is 0.857 bits per heavy atom. The summed E-state index contributed by atoms with van der Waals surface area (Å²) in [7, 11) is -30.8. The first-order valence-electron chi connectivity index (χ1n) is 41.5.